The van der Waals surface area contributed by atoms with Crippen molar-refractivity contribution < 1.29 is 23.9 Å². The molecule has 0 aliphatic carbocycles. The second kappa shape index (κ2) is 10.5. The van der Waals surface area contributed by atoms with Crippen molar-refractivity contribution in [1.82, 2.24) is 10.6 Å². The van der Waals surface area contributed by atoms with Crippen LogP contribution >= 0.6 is 11.8 Å². The Kier molecular flexibility index (Phi) is 8.69. The summed E-state index contributed by atoms with van der Waals surface area (Å²) in [4.78, 5) is 46.9. The summed E-state index contributed by atoms with van der Waals surface area (Å²) in [6.45, 7) is 5.17. The Morgan fingerprint density at radius 1 is 1.16 bits per heavy atom. The highest BCUT2D eigenvalue weighted by Gasteiger charge is 2.16. The zero-order valence-corrected chi connectivity index (χ0v) is 15.3. The molecular formula is C17H22N2O5S. The quantitative estimate of drug-likeness (QED) is 0.539. The number of imide groups is 1. The van der Waals surface area contributed by atoms with Gasteiger partial charge in [-0.15, -0.1) is 11.8 Å². The number of thioether (sulfide) groups is 1. The molecule has 0 spiro atoms. The van der Waals surface area contributed by atoms with E-state index in [1.54, 1.807) is 24.3 Å². The molecule has 0 atom stereocenters. The number of carbonyl (C=O) groups excluding carboxylic acids is 4. The van der Waals surface area contributed by atoms with E-state index >= 15 is 0 Å². The number of hydrogen-bond acceptors (Lipinski definition) is 6. The van der Waals surface area contributed by atoms with Gasteiger partial charge in [0.2, 0.25) is 0 Å². The molecule has 0 heterocycles. The topological polar surface area (TPSA) is 102 Å². The van der Waals surface area contributed by atoms with E-state index in [-0.39, 0.29) is 23.0 Å². The van der Waals surface area contributed by atoms with Gasteiger partial charge in [0.1, 0.15) is 5.78 Å². The first-order valence-corrected chi connectivity index (χ1v) is 8.74. The molecule has 0 aliphatic heterocycles. The molecule has 0 unspecified atom stereocenters. The van der Waals surface area contributed by atoms with Crippen LogP contribution in [0.1, 0.15) is 31.1 Å². The molecule has 1 aromatic carbocycles. The molecule has 0 aromatic heterocycles. The second-order valence-electron chi connectivity index (χ2n) is 5.72. The van der Waals surface area contributed by atoms with E-state index < -0.39 is 24.5 Å². The summed E-state index contributed by atoms with van der Waals surface area (Å²) in [6, 6.07) is 6.02. The van der Waals surface area contributed by atoms with Crippen LogP contribution in [0.25, 0.3) is 0 Å². The number of urea groups is 1. The van der Waals surface area contributed by atoms with Crippen LogP contribution in [0.5, 0.6) is 0 Å². The lowest BCUT2D eigenvalue weighted by molar-refractivity contribution is -0.123. The minimum Gasteiger partial charge on any atom is -0.452 e. The molecular weight excluding hydrogens is 344 g/mol. The van der Waals surface area contributed by atoms with Crippen molar-refractivity contribution >= 4 is 35.5 Å². The molecule has 0 saturated carbocycles. The highest BCUT2D eigenvalue weighted by atomic mass is 32.2. The SMILES string of the molecule is CC(=O)CSc1ccccc1C(=O)OCC(=O)NC(=O)NCC(C)C. The number of hydrogen-bond donors (Lipinski definition) is 2. The smallest absolute Gasteiger partial charge is 0.339 e. The molecule has 136 valence electrons. The van der Waals surface area contributed by atoms with Gasteiger partial charge < -0.3 is 10.1 Å². The van der Waals surface area contributed by atoms with Crippen LogP contribution in [0.2, 0.25) is 0 Å². The first-order chi connectivity index (χ1) is 11.8. The summed E-state index contributed by atoms with van der Waals surface area (Å²) in [7, 11) is 0. The number of ether oxygens (including phenoxy) is 1. The van der Waals surface area contributed by atoms with E-state index in [1.165, 1.54) is 18.7 Å². The van der Waals surface area contributed by atoms with Crippen LogP contribution in [0.3, 0.4) is 0 Å². The summed E-state index contributed by atoms with van der Waals surface area (Å²) >= 11 is 1.22. The predicted molar refractivity (Wildman–Crippen MR) is 94.5 cm³/mol. The van der Waals surface area contributed by atoms with Crippen LogP contribution in [-0.2, 0) is 14.3 Å². The molecule has 25 heavy (non-hydrogen) atoms. The first kappa shape index (κ1) is 20.7. The monoisotopic (exact) mass is 366 g/mol. The van der Waals surface area contributed by atoms with Crippen LogP contribution in [0.15, 0.2) is 29.2 Å². The minimum atomic E-state index is -0.719. The lowest BCUT2D eigenvalue weighted by atomic mass is 10.2. The average molecular weight is 366 g/mol. The van der Waals surface area contributed by atoms with Gasteiger partial charge in [-0.2, -0.15) is 0 Å². The Bertz CT molecular complexity index is 646. The third-order valence-corrected chi connectivity index (χ3v) is 4.01. The Morgan fingerprint density at radius 3 is 2.48 bits per heavy atom. The van der Waals surface area contributed by atoms with E-state index in [4.69, 9.17) is 4.74 Å². The van der Waals surface area contributed by atoms with Gasteiger partial charge in [-0.25, -0.2) is 9.59 Å². The maximum absolute atomic E-state index is 12.1. The van der Waals surface area contributed by atoms with E-state index in [9.17, 15) is 19.2 Å². The molecule has 0 aliphatic rings. The summed E-state index contributed by atoms with van der Waals surface area (Å²) in [6.07, 6.45) is 0. The Labute approximate surface area is 150 Å². The molecule has 8 heteroatoms. The summed E-state index contributed by atoms with van der Waals surface area (Å²) in [5, 5.41) is 4.60. The fourth-order valence-corrected chi connectivity index (χ4v) is 2.49. The molecule has 1 aromatic rings. The van der Waals surface area contributed by atoms with Crippen molar-refractivity contribution in [3.63, 3.8) is 0 Å². The van der Waals surface area contributed by atoms with E-state index in [1.807, 2.05) is 13.8 Å². The molecule has 0 saturated heterocycles. The summed E-state index contributed by atoms with van der Waals surface area (Å²) < 4.78 is 4.93. The second-order valence-corrected chi connectivity index (χ2v) is 6.73. The Hall–Kier alpha value is -2.35. The van der Waals surface area contributed by atoms with Gasteiger partial charge in [-0.05, 0) is 25.0 Å². The highest BCUT2D eigenvalue weighted by Crippen LogP contribution is 2.23. The van der Waals surface area contributed by atoms with Crippen LogP contribution < -0.4 is 10.6 Å². The molecule has 3 amide bonds. The van der Waals surface area contributed by atoms with Crippen molar-refractivity contribution in [3.8, 4) is 0 Å². The van der Waals surface area contributed by atoms with Crippen LogP contribution in [0.4, 0.5) is 4.79 Å². The number of ketones is 1. The van der Waals surface area contributed by atoms with Crippen molar-refractivity contribution in [3.05, 3.63) is 29.8 Å². The molecule has 0 bridgehead atoms. The number of esters is 1. The number of rotatable bonds is 8. The predicted octanol–water partition coefficient (Wildman–Crippen LogP) is 2.01. The molecule has 0 radical (unpaired) electrons. The average Bonchev–Trinajstić information content (AvgIpc) is 2.56. The number of Topliss-reactive ketones (excluding diaryl/α,β-unsaturated/α-hetero) is 1. The fourth-order valence-electron chi connectivity index (χ4n) is 1.65. The van der Waals surface area contributed by atoms with Gasteiger partial charge in [-0.3, -0.25) is 14.9 Å². The largest absolute Gasteiger partial charge is 0.452 e. The third kappa shape index (κ3) is 8.35. The van der Waals surface area contributed by atoms with Crippen molar-refractivity contribution in [2.24, 2.45) is 5.92 Å². The Balaban J connectivity index is 2.52. The van der Waals surface area contributed by atoms with E-state index in [0.29, 0.717) is 11.4 Å². The molecule has 1 rings (SSSR count). The van der Waals surface area contributed by atoms with Crippen molar-refractivity contribution in [2.75, 3.05) is 18.9 Å². The van der Waals surface area contributed by atoms with Crippen molar-refractivity contribution in [1.29, 1.82) is 0 Å². The summed E-state index contributed by atoms with van der Waals surface area (Å²) in [5.74, 6) is -0.934. The van der Waals surface area contributed by atoms with Gasteiger partial charge in [0, 0.05) is 11.4 Å². The third-order valence-electron chi connectivity index (χ3n) is 2.80. The molecule has 0 fully saturated rings. The molecule has 7 nitrogen and oxygen atoms in total. The Morgan fingerprint density at radius 2 is 1.84 bits per heavy atom. The summed E-state index contributed by atoms with van der Waals surface area (Å²) in [5.41, 5.74) is 0.269. The van der Waals surface area contributed by atoms with Crippen LogP contribution in [0, 0.1) is 5.92 Å². The standard InChI is InChI=1S/C17H22N2O5S/c1-11(2)8-18-17(23)19-15(21)9-24-16(22)13-6-4-5-7-14(13)25-10-12(3)20/h4-7,11H,8-10H2,1-3H3,(H2,18,19,21,23). The molecule has 2 N–H and O–H groups in total. The van der Waals surface area contributed by atoms with Gasteiger partial charge >= 0.3 is 12.0 Å². The maximum atomic E-state index is 12.1. The lowest BCUT2D eigenvalue weighted by Crippen LogP contribution is -2.42. The lowest BCUT2D eigenvalue weighted by Gasteiger charge is -2.10. The fraction of sp³-hybridized carbons (Fsp3) is 0.412. The van der Waals surface area contributed by atoms with Crippen molar-refractivity contribution in [2.45, 2.75) is 25.7 Å². The maximum Gasteiger partial charge on any atom is 0.339 e. The zero-order chi connectivity index (χ0) is 18.8. The van der Waals surface area contributed by atoms with Crippen LogP contribution in [-0.4, -0.2) is 42.6 Å². The van der Waals surface area contributed by atoms with Gasteiger partial charge in [0.15, 0.2) is 6.61 Å². The normalized spacial score (nSPS) is 10.2. The first-order valence-electron chi connectivity index (χ1n) is 7.75. The van der Waals surface area contributed by atoms with E-state index in [2.05, 4.69) is 10.6 Å². The van der Waals surface area contributed by atoms with E-state index in [0.717, 1.165) is 0 Å². The number of carbonyl (C=O) groups is 4. The van der Waals surface area contributed by atoms with Gasteiger partial charge in [0.05, 0.1) is 11.3 Å². The number of amides is 3. The zero-order valence-electron chi connectivity index (χ0n) is 14.5. The number of nitrogens with one attached hydrogen (secondary N) is 2. The highest BCUT2D eigenvalue weighted by molar-refractivity contribution is 8.00. The van der Waals surface area contributed by atoms with Gasteiger partial charge in [-0.1, -0.05) is 26.0 Å². The number of benzene rings is 1. The van der Waals surface area contributed by atoms with Gasteiger partial charge in [0.25, 0.3) is 5.91 Å². The minimum absolute atomic E-state index is 0.0139.